The van der Waals surface area contributed by atoms with Crippen molar-refractivity contribution < 1.29 is 36.4 Å². The molecule has 1 aromatic carbocycles. The first-order valence-corrected chi connectivity index (χ1v) is 19.4. The van der Waals surface area contributed by atoms with Gasteiger partial charge in [-0.3, -0.25) is 13.6 Å². The lowest BCUT2D eigenvalue weighted by atomic mass is 9.82. The molecule has 0 unspecified atom stereocenters. The van der Waals surface area contributed by atoms with Gasteiger partial charge in [0, 0.05) is 63.9 Å². The fraction of sp³-hybridized carbons (Fsp3) is 0.613. The van der Waals surface area contributed by atoms with Crippen LogP contribution in [0.4, 0.5) is 5.95 Å². The monoisotopic (exact) mass is 679 g/mol. The third-order valence-corrected chi connectivity index (χ3v) is 11.3. The Balaban J connectivity index is 1.10. The van der Waals surface area contributed by atoms with Crippen LogP contribution in [0.3, 0.4) is 0 Å². The van der Waals surface area contributed by atoms with Crippen molar-refractivity contribution in [2.24, 2.45) is 5.92 Å². The number of hydrogen-bond donors (Lipinski definition) is 2. The highest BCUT2D eigenvalue weighted by atomic mass is 32.2. The van der Waals surface area contributed by atoms with E-state index in [2.05, 4.69) is 15.2 Å². The number of rotatable bonds is 15. The first kappa shape index (κ1) is 34.7. The number of likely N-dealkylation sites (tertiary alicyclic amines) is 1. The van der Waals surface area contributed by atoms with E-state index in [4.69, 9.17) is 23.3 Å². The van der Waals surface area contributed by atoms with E-state index in [-0.39, 0.29) is 23.8 Å². The maximum absolute atomic E-state index is 12.3. The number of benzene rings is 1. The molecule has 2 aromatic heterocycles. The highest BCUT2D eigenvalue weighted by Gasteiger charge is 2.33. The van der Waals surface area contributed by atoms with Crippen molar-refractivity contribution in [1.82, 2.24) is 19.4 Å². The van der Waals surface area contributed by atoms with Crippen LogP contribution in [-0.4, -0.2) is 104 Å². The summed E-state index contributed by atoms with van der Waals surface area (Å²) < 4.78 is 58.4. The van der Waals surface area contributed by atoms with Gasteiger partial charge in [0.05, 0.1) is 30.1 Å². The zero-order chi connectivity index (χ0) is 32.7. The van der Waals surface area contributed by atoms with Crippen LogP contribution in [0.1, 0.15) is 44.9 Å². The first-order valence-electron chi connectivity index (χ1n) is 15.9. The molecular weight excluding hydrogens is 633 g/mol. The van der Waals surface area contributed by atoms with Crippen LogP contribution >= 0.6 is 7.82 Å². The Hall–Kier alpha value is -2.58. The second-order valence-electron chi connectivity index (χ2n) is 12.2. The highest BCUT2D eigenvalue weighted by molar-refractivity contribution is 7.90. The van der Waals surface area contributed by atoms with Gasteiger partial charge < -0.3 is 24.6 Å². The Labute approximate surface area is 271 Å². The van der Waals surface area contributed by atoms with Crippen molar-refractivity contribution in [3.05, 3.63) is 42.7 Å². The topological polar surface area (TPSA) is 154 Å². The largest absolute Gasteiger partial charge is 0.493 e. The van der Waals surface area contributed by atoms with Crippen LogP contribution in [0.25, 0.3) is 16.7 Å². The molecule has 13 nitrogen and oxygen atoms in total. The van der Waals surface area contributed by atoms with Crippen molar-refractivity contribution in [3.63, 3.8) is 0 Å². The third kappa shape index (κ3) is 9.27. The summed E-state index contributed by atoms with van der Waals surface area (Å²) in [5, 5.41) is 15.5. The smallest absolute Gasteiger partial charge is 0.474 e. The number of nitrogens with one attached hydrogen (secondary N) is 1. The number of hydrogen-bond acceptors (Lipinski definition) is 12. The van der Waals surface area contributed by atoms with Crippen LogP contribution < -0.4 is 10.1 Å². The Morgan fingerprint density at radius 1 is 1.07 bits per heavy atom. The first-order chi connectivity index (χ1) is 22.1. The van der Waals surface area contributed by atoms with E-state index in [0.29, 0.717) is 44.1 Å². The summed E-state index contributed by atoms with van der Waals surface area (Å²) in [5.41, 5.74) is 0.932. The number of ether oxygens (including phenoxy) is 1. The third-order valence-electron chi connectivity index (χ3n) is 8.85. The maximum atomic E-state index is 12.3. The molecule has 46 heavy (non-hydrogen) atoms. The SMILES string of the molecule is COP(=O)(OC)OC1CCN(C[C@H](O)C2CCC(Nc3nccc(-n4ccc5c(OCCCS(C)(=O)=O)cccc54)n3)CC2)CC1. The lowest BCUT2D eigenvalue weighted by molar-refractivity contribution is 0.0156. The lowest BCUT2D eigenvalue weighted by Gasteiger charge is -2.37. The van der Waals surface area contributed by atoms with Crippen molar-refractivity contribution >= 4 is 34.5 Å². The van der Waals surface area contributed by atoms with Crippen molar-refractivity contribution in [3.8, 4) is 11.6 Å². The predicted molar refractivity (Wildman–Crippen MR) is 176 cm³/mol. The summed E-state index contributed by atoms with van der Waals surface area (Å²) in [6, 6.07) is 9.85. The van der Waals surface area contributed by atoms with E-state index in [0.717, 1.165) is 55.5 Å². The molecule has 0 amide bonds. The number of aliphatic hydroxyl groups is 1. The van der Waals surface area contributed by atoms with E-state index >= 15 is 0 Å². The van der Waals surface area contributed by atoms with Gasteiger partial charge in [-0.25, -0.2) is 18.0 Å². The van der Waals surface area contributed by atoms with Gasteiger partial charge in [0.25, 0.3) is 0 Å². The Kier molecular flexibility index (Phi) is 11.7. The fourth-order valence-corrected chi connectivity index (χ4v) is 7.85. The molecule has 15 heteroatoms. The molecule has 2 fully saturated rings. The van der Waals surface area contributed by atoms with Gasteiger partial charge in [-0.1, -0.05) is 6.07 Å². The predicted octanol–water partition coefficient (Wildman–Crippen LogP) is 4.45. The molecule has 1 saturated heterocycles. The Morgan fingerprint density at radius 2 is 1.80 bits per heavy atom. The second kappa shape index (κ2) is 15.5. The molecule has 3 aromatic rings. The van der Waals surface area contributed by atoms with Gasteiger partial charge in [0.15, 0.2) is 0 Å². The van der Waals surface area contributed by atoms with Crippen LogP contribution in [0, 0.1) is 5.92 Å². The number of fused-ring (bicyclic) bond motifs is 1. The molecule has 2 N–H and O–H groups in total. The quantitative estimate of drug-likeness (QED) is 0.172. The van der Waals surface area contributed by atoms with E-state index in [9.17, 15) is 18.1 Å². The summed E-state index contributed by atoms with van der Waals surface area (Å²) in [5.74, 6) is 2.32. The molecular formula is C31H46N5O8PS. The van der Waals surface area contributed by atoms with Crippen LogP contribution in [-0.2, 0) is 28.0 Å². The summed E-state index contributed by atoms with van der Waals surface area (Å²) >= 11 is 0. The van der Waals surface area contributed by atoms with Gasteiger partial charge in [-0.2, -0.15) is 4.98 Å². The van der Waals surface area contributed by atoms with Crippen LogP contribution in [0.5, 0.6) is 5.75 Å². The molecule has 0 spiro atoms. The number of phosphoric acid groups is 1. The average molecular weight is 680 g/mol. The van der Waals surface area contributed by atoms with Gasteiger partial charge >= 0.3 is 7.82 Å². The molecule has 2 aliphatic rings. The molecule has 254 valence electrons. The average Bonchev–Trinajstić information content (AvgIpc) is 3.49. The molecule has 0 radical (unpaired) electrons. The summed E-state index contributed by atoms with van der Waals surface area (Å²) in [6.45, 7) is 2.46. The number of phosphoric ester groups is 1. The van der Waals surface area contributed by atoms with E-state index < -0.39 is 23.8 Å². The minimum absolute atomic E-state index is 0.0937. The van der Waals surface area contributed by atoms with Gasteiger partial charge in [-0.15, -0.1) is 0 Å². The zero-order valence-electron chi connectivity index (χ0n) is 26.8. The van der Waals surface area contributed by atoms with E-state index in [1.54, 1.807) is 6.20 Å². The minimum atomic E-state index is -3.49. The number of sulfone groups is 1. The summed E-state index contributed by atoms with van der Waals surface area (Å²) in [4.78, 5) is 11.5. The Bertz CT molecular complexity index is 1580. The second-order valence-corrected chi connectivity index (χ2v) is 16.3. The van der Waals surface area contributed by atoms with Crippen molar-refractivity contribution in [1.29, 1.82) is 0 Å². The number of β-amino-alcohol motifs (C(OH)–C–C–N with tert-alkyl or cyclic N) is 1. The van der Waals surface area contributed by atoms with Crippen LogP contribution in [0.15, 0.2) is 42.7 Å². The van der Waals surface area contributed by atoms with Crippen molar-refractivity contribution in [2.75, 3.05) is 57.8 Å². The molecule has 1 aliphatic carbocycles. The molecule has 1 saturated carbocycles. The fourth-order valence-electron chi connectivity index (χ4n) is 6.31. The minimum Gasteiger partial charge on any atom is -0.493 e. The van der Waals surface area contributed by atoms with Gasteiger partial charge in [0.1, 0.15) is 21.4 Å². The standard InChI is InChI=1S/C31H46N5O8PS/c1-41-45(38,42-2)44-25-13-17-35(18-14-25)22-28(37)23-8-10-24(11-9-23)33-31-32-16-12-30(34-31)36-19-15-26-27(36)6-4-7-29(26)43-20-5-21-46(3,39)40/h4,6-7,12,15-16,19,23-25,28,37H,5,8-11,13-14,17-18,20-22H2,1-3H3,(H,32,33,34)/t23?,24?,28-/m0/s1. The molecule has 1 atom stereocenters. The molecule has 3 heterocycles. The Morgan fingerprint density at radius 3 is 2.50 bits per heavy atom. The highest BCUT2D eigenvalue weighted by Crippen LogP contribution is 2.49. The normalized spacial score (nSPS) is 21.0. The summed E-state index contributed by atoms with van der Waals surface area (Å²) in [7, 11) is -3.87. The maximum Gasteiger partial charge on any atom is 0.474 e. The molecule has 0 bridgehead atoms. The van der Waals surface area contributed by atoms with Crippen LogP contribution in [0.2, 0.25) is 0 Å². The zero-order valence-corrected chi connectivity index (χ0v) is 28.5. The number of aromatic nitrogens is 3. The summed E-state index contributed by atoms with van der Waals surface area (Å²) in [6.07, 6.45) is 9.84. The van der Waals surface area contributed by atoms with Gasteiger partial charge in [-0.05, 0) is 75.1 Å². The van der Waals surface area contributed by atoms with E-state index in [1.165, 1.54) is 20.5 Å². The molecule has 5 rings (SSSR count). The molecule has 1 aliphatic heterocycles. The number of anilines is 1. The number of aliphatic hydroxyl groups excluding tert-OH is 1. The number of piperidine rings is 1. The lowest BCUT2D eigenvalue weighted by Crippen LogP contribution is -2.44. The number of nitrogens with zero attached hydrogens (tertiary/aromatic N) is 4. The van der Waals surface area contributed by atoms with Crippen molar-refractivity contribution in [2.45, 2.75) is 63.2 Å². The van der Waals surface area contributed by atoms with E-state index in [1.807, 2.05) is 41.1 Å². The van der Waals surface area contributed by atoms with Gasteiger partial charge in [0.2, 0.25) is 5.95 Å².